The van der Waals surface area contributed by atoms with Crippen LogP contribution in [-0.2, 0) is 4.79 Å². The van der Waals surface area contributed by atoms with Crippen LogP contribution >= 0.6 is 0 Å². The third kappa shape index (κ3) is 4.64. The Morgan fingerprint density at radius 2 is 1.96 bits per heavy atom. The van der Waals surface area contributed by atoms with Gasteiger partial charge in [-0.15, -0.1) is 0 Å². The van der Waals surface area contributed by atoms with E-state index < -0.39 is 0 Å². The van der Waals surface area contributed by atoms with Crippen molar-refractivity contribution in [2.45, 2.75) is 26.7 Å². The number of hydrogen-bond donors (Lipinski definition) is 2. The highest BCUT2D eigenvalue weighted by Crippen LogP contribution is 2.36. The smallest absolute Gasteiger partial charge is 0.317 e. The SMILES string of the molecule is CCN1CCN(CC(C)CNC(=O)N2CCC3(CNC(=O)C3)C2)CC1. The van der Waals surface area contributed by atoms with Crippen LogP contribution in [0.15, 0.2) is 0 Å². The molecule has 2 atom stereocenters. The lowest BCUT2D eigenvalue weighted by molar-refractivity contribution is -0.119. The summed E-state index contributed by atoms with van der Waals surface area (Å²) in [7, 11) is 0. The molecule has 1 spiro atoms. The second kappa shape index (κ2) is 7.91. The Bertz CT molecular complexity index is 492. The number of likely N-dealkylation sites (tertiary alicyclic amines) is 1. The summed E-state index contributed by atoms with van der Waals surface area (Å²) in [6, 6.07) is 0.0267. The Hall–Kier alpha value is -1.34. The van der Waals surface area contributed by atoms with Crippen molar-refractivity contribution in [1.82, 2.24) is 25.3 Å². The van der Waals surface area contributed by atoms with E-state index >= 15 is 0 Å². The highest BCUT2D eigenvalue weighted by molar-refractivity contribution is 5.80. The fourth-order valence-electron chi connectivity index (χ4n) is 4.32. The van der Waals surface area contributed by atoms with E-state index in [0.29, 0.717) is 25.4 Å². The molecule has 0 saturated carbocycles. The second-order valence-electron chi connectivity index (χ2n) is 8.15. The lowest BCUT2D eigenvalue weighted by Crippen LogP contribution is -2.48. The maximum Gasteiger partial charge on any atom is 0.317 e. The molecule has 25 heavy (non-hydrogen) atoms. The van der Waals surface area contributed by atoms with Crippen LogP contribution in [-0.4, -0.2) is 92.1 Å². The number of urea groups is 1. The summed E-state index contributed by atoms with van der Waals surface area (Å²) in [5.41, 5.74) is -0.0149. The molecule has 3 aliphatic heterocycles. The van der Waals surface area contributed by atoms with Gasteiger partial charge in [0.25, 0.3) is 0 Å². The van der Waals surface area contributed by atoms with Gasteiger partial charge in [-0.25, -0.2) is 4.79 Å². The minimum Gasteiger partial charge on any atom is -0.355 e. The molecule has 7 heteroatoms. The zero-order valence-corrected chi connectivity index (χ0v) is 15.7. The van der Waals surface area contributed by atoms with Crippen LogP contribution in [0.1, 0.15) is 26.7 Å². The molecule has 0 radical (unpaired) electrons. The summed E-state index contributed by atoms with van der Waals surface area (Å²) in [5, 5.41) is 6.00. The number of nitrogens with zero attached hydrogens (tertiary/aromatic N) is 3. The molecular weight excluding hydrogens is 318 g/mol. The van der Waals surface area contributed by atoms with Crippen LogP contribution in [0.5, 0.6) is 0 Å². The highest BCUT2D eigenvalue weighted by Gasteiger charge is 2.45. The standard InChI is InChI=1S/C18H33N5O2/c1-3-21-6-8-22(9-7-21)12-15(2)11-19-17(25)23-5-4-18(14-23)10-16(24)20-13-18/h15H,3-14H2,1-2H3,(H,19,25)(H,20,24). The molecular formula is C18H33N5O2. The van der Waals surface area contributed by atoms with Gasteiger partial charge in [0.1, 0.15) is 0 Å². The third-order valence-electron chi connectivity index (χ3n) is 6.01. The summed E-state index contributed by atoms with van der Waals surface area (Å²) in [6.45, 7) is 14.0. The molecule has 3 amide bonds. The summed E-state index contributed by atoms with van der Waals surface area (Å²) in [5.74, 6) is 0.572. The first-order chi connectivity index (χ1) is 12.0. The summed E-state index contributed by atoms with van der Waals surface area (Å²) in [4.78, 5) is 30.8. The average Bonchev–Trinajstić information content (AvgIpc) is 3.19. The minimum atomic E-state index is -0.0149. The predicted octanol–water partition coefficient (Wildman–Crippen LogP) is 0.182. The summed E-state index contributed by atoms with van der Waals surface area (Å²) in [6.07, 6.45) is 1.49. The van der Waals surface area contributed by atoms with E-state index in [2.05, 4.69) is 34.3 Å². The van der Waals surface area contributed by atoms with Crippen LogP contribution in [0, 0.1) is 11.3 Å². The van der Waals surface area contributed by atoms with E-state index in [0.717, 1.165) is 58.8 Å². The molecule has 2 N–H and O–H groups in total. The number of carbonyl (C=O) groups excluding carboxylic acids is 2. The van der Waals surface area contributed by atoms with Gasteiger partial charge in [0, 0.05) is 70.7 Å². The van der Waals surface area contributed by atoms with Crippen LogP contribution < -0.4 is 10.6 Å². The molecule has 3 saturated heterocycles. The minimum absolute atomic E-state index is 0.0149. The fourth-order valence-corrected chi connectivity index (χ4v) is 4.32. The molecule has 3 fully saturated rings. The molecule has 0 aliphatic carbocycles. The number of nitrogens with one attached hydrogen (secondary N) is 2. The van der Waals surface area contributed by atoms with Gasteiger partial charge in [-0.2, -0.15) is 0 Å². The third-order valence-corrected chi connectivity index (χ3v) is 6.01. The van der Waals surface area contributed by atoms with E-state index in [9.17, 15) is 9.59 Å². The van der Waals surface area contributed by atoms with Crippen molar-refractivity contribution < 1.29 is 9.59 Å². The van der Waals surface area contributed by atoms with Gasteiger partial charge in [-0.05, 0) is 18.9 Å². The maximum atomic E-state index is 12.4. The number of carbonyl (C=O) groups is 2. The van der Waals surface area contributed by atoms with E-state index in [4.69, 9.17) is 0 Å². The molecule has 3 aliphatic rings. The molecule has 3 rings (SSSR count). The zero-order valence-electron chi connectivity index (χ0n) is 15.7. The predicted molar refractivity (Wildman–Crippen MR) is 97.4 cm³/mol. The van der Waals surface area contributed by atoms with E-state index in [1.54, 1.807) is 0 Å². The maximum absolute atomic E-state index is 12.4. The molecule has 7 nitrogen and oxygen atoms in total. The Balaban J connectivity index is 1.36. The normalized spacial score (nSPS) is 29.2. The Labute approximate surface area is 151 Å². The lowest BCUT2D eigenvalue weighted by Gasteiger charge is -2.35. The van der Waals surface area contributed by atoms with Crippen LogP contribution in [0.3, 0.4) is 0 Å². The fraction of sp³-hybridized carbons (Fsp3) is 0.889. The molecule has 0 bridgehead atoms. The Morgan fingerprint density at radius 3 is 2.60 bits per heavy atom. The first kappa shape index (κ1) is 18.5. The number of piperazine rings is 1. The lowest BCUT2D eigenvalue weighted by atomic mass is 9.86. The van der Waals surface area contributed by atoms with E-state index in [1.807, 2.05) is 4.90 Å². The van der Waals surface area contributed by atoms with Gasteiger partial charge in [-0.1, -0.05) is 13.8 Å². The quantitative estimate of drug-likeness (QED) is 0.742. The van der Waals surface area contributed by atoms with Gasteiger partial charge in [0.2, 0.25) is 5.91 Å². The van der Waals surface area contributed by atoms with Crippen molar-refractivity contribution in [1.29, 1.82) is 0 Å². The van der Waals surface area contributed by atoms with Crippen LogP contribution in [0.25, 0.3) is 0 Å². The number of likely N-dealkylation sites (N-methyl/N-ethyl adjacent to an activating group) is 1. The van der Waals surface area contributed by atoms with Gasteiger partial charge in [-0.3, -0.25) is 4.79 Å². The van der Waals surface area contributed by atoms with Gasteiger partial charge >= 0.3 is 6.03 Å². The second-order valence-corrected chi connectivity index (χ2v) is 8.15. The van der Waals surface area contributed by atoms with Crippen molar-refractivity contribution in [2.24, 2.45) is 11.3 Å². The van der Waals surface area contributed by atoms with Crippen LogP contribution in [0.4, 0.5) is 4.79 Å². The number of rotatable bonds is 5. The Kier molecular flexibility index (Phi) is 5.84. The van der Waals surface area contributed by atoms with Crippen molar-refractivity contribution >= 4 is 11.9 Å². The molecule has 0 aromatic heterocycles. The zero-order chi connectivity index (χ0) is 17.9. The Morgan fingerprint density at radius 1 is 1.24 bits per heavy atom. The molecule has 0 aromatic carbocycles. The van der Waals surface area contributed by atoms with Crippen molar-refractivity contribution in [3.63, 3.8) is 0 Å². The van der Waals surface area contributed by atoms with Crippen molar-refractivity contribution in [2.75, 3.05) is 65.4 Å². The topological polar surface area (TPSA) is 67.9 Å². The largest absolute Gasteiger partial charge is 0.355 e. The van der Waals surface area contributed by atoms with Crippen LogP contribution in [0.2, 0.25) is 0 Å². The molecule has 3 heterocycles. The van der Waals surface area contributed by atoms with E-state index in [-0.39, 0.29) is 17.4 Å². The highest BCUT2D eigenvalue weighted by atomic mass is 16.2. The number of hydrogen-bond acceptors (Lipinski definition) is 4. The first-order valence-corrected chi connectivity index (χ1v) is 9.74. The van der Waals surface area contributed by atoms with Gasteiger partial charge in [0.15, 0.2) is 0 Å². The monoisotopic (exact) mass is 351 g/mol. The molecule has 0 aromatic rings. The summed E-state index contributed by atoms with van der Waals surface area (Å²) >= 11 is 0. The average molecular weight is 351 g/mol. The first-order valence-electron chi connectivity index (χ1n) is 9.74. The van der Waals surface area contributed by atoms with Gasteiger partial charge < -0.3 is 25.3 Å². The summed E-state index contributed by atoms with van der Waals surface area (Å²) < 4.78 is 0. The molecule has 142 valence electrons. The van der Waals surface area contributed by atoms with Crippen molar-refractivity contribution in [3.05, 3.63) is 0 Å². The van der Waals surface area contributed by atoms with Gasteiger partial charge in [0.05, 0.1) is 0 Å². The number of amides is 3. The van der Waals surface area contributed by atoms with E-state index in [1.165, 1.54) is 0 Å². The molecule has 2 unspecified atom stereocenters. The van der Waals surface area contributed by atoms with Crippen molar-refractivity contribution in [3.8, 4) is 0 Å².